The molecule has 6 nitrogen and oxygen atoms in total. The second-order valence-electron chi connectivity index (χ2n) is 8.01. The quantitative estimate of drug-likeness (QED) is 0.668. The predicted octanol–water partition coefficient (Wildman–Crippen LogP) is 4.16. The van der Waals surface area contributed by atoms with Crippen LogP contribution in [0.4, 0.5) is 18.0 Å². The Hall–Kier alpha value is -2.71. The molecule has 2 N–H and O–H groups in total. The SMILES string of the molecule is O=C(NCC(F)F)C1CC=C(c2ccc(OCC3CCN(C(=O)O)CC3)c(F)c2)CC1. The van der Waals surface area contributed by atoms with Gasteiger partial charge in [0, 0.05) is 19.0 Å². The van der Waals surface area contributed by atoms with Crippen molar-refractivity contribution in [2.75, 3.05) is 26.2 Å². The number of ether oxygens (including phenoxy) is 1. The molecule has 9 heteroatoms. The number of likely N-dealkylation sites (tertiary alicyclic amines) is 1. The predicted molar refractivity (Wildman–Crippen MR) is 109 cm³/mol. The molecule has 0 saturated carbocycles. The number of halogens is 3. The van der Waals surface area contributed by atoms with Crippen LogP contribution < -0.4 is 10.1 Å². The van der Waals surface area contributed by atoms with Crippen molar-refractivity contribution in [3.63, 3.8) is 0 Å². The van der Waals surface area contributed by atoms with Crippen LogP contribution in [0.1, 0.15) is 37.7 Å². The lowest BCUT2D eigenvalue weighted by molar-refractivity contribution is -0.125. The maximum Gasteiger partial charge on any atom is 0.407 e. The van der Waals surface area contributed by atoms with Crippen LogP contribution in [0, 0.1) is 17.7 Å². The van der Waals surface area contributed by atoms with E-state index in [0.717, 1.165) is 5.57 Å². The molecule has 1 aromatic rings. The van der Waals surface area contributed by atoms with Crippen molar-refractivity contribution in [3.8, 4) is 5.75 Å². The van der Waals surface area contributed by atoms with Gasteiger partial charge in [0.1, 0.15) is 0 Å². The lowest BCUT2D eigenvalue weighted by atomic mass is 9.86. The van der Waals surface area contributed by atoms with Gasteiger partial charge in [-0.05, 0) is 61.3 Å². The van der Waals surface area contributed by atoms with E-state index in [-0.39, 0.29) is 23.5 Å². The Bertz CT molecular complexity index is 823. The molecule has 1 unspecified atom stereocenters. The summed E-state index contributed by atoms with van der Waals surface area (Å²) in [5.41, 5.74) is 1.63. The molecule has 0 spiro atoms. The maximum atomic E-state index is 14.5. The molecule has 31 heavy (non-hydrogen) atoms. The van der Waals surface area contributed by atoms with Crippen LogP contribution in [-0.4, -0.2) is 54.7 Å². The molecule has 2 aliphatic rings. The molecular formula is C22H27F3N2O4. The van der Waals surface area contributed by atoms with Gasteiger partial charge in [0.05, 0.1) is 13.2 Å². The van der Waals surface area contributed by atoms with E-state index >= 15 is 0 Å². The van der Waals surface area contributed by atoms with Crippen LogP contribution in [0.15, 0.2) is 24.3 Å². The first-order valence-corrected chi connectivity index (χ1v) is 10.5. The summed E-state index contributed by atoms with van der Waals surface area (Å²) in [4.78, 5) is 24.2. The Labute approximate surface area is 179 Å². The third-order valence-corrected chi connectivity index (χ3v) is 5.87. The van der Waals surface area contributed by atoms with E-state index in [1.54, 1.807) is 12.1 Å². The van der Waals surface area contributed by atoms with Crippen LogP contribution in [0.2, 0.25) is 0 Å². The van der Waals surface area contributed by atoms with Crippen molar-refractivity contribution in [3.05, 3.63) is 35.7 Å². The largest absolute Gasteiger partial charge is 0.490 e. The van der Waals surface area contributed by atoms with Gasteiger partial charge in [-0.3, -0.25) is 4.79 Å². The normalized spacial score (nSPS) is 19.8. The lowest BCUT2D eigenvalue weighted by Crippen LogP contribution is -2.38. The number of carbonyl (C=O) groups excluding carboxylic acids is 1. The molecule has 3 rings (SSSR count). The van der Waals surface area contributed by atoms with Gasteiger partial charge < -0.3 is 20.1 Å². The molecule has 1 aliphatic carbocycles. The zero-order valence-corrected chi connectivity index (χ0v) is 17.2. The Kier molecular flexibility index (Phi) is 7.81. The number of carboxylic acid groups (broad SMARTS) is 1. The fraction of sp³-hybridized carbons (Fsp3) is 0.545. The Balaban J connectivity index is 1.50. The summed E-state index contributed by atoms with van der Waals surface area (Å²) in [6.07, 6.45) is 1.26. The molecule has 0 aromatic heterocycles. The summed E-state index contributed by atoms with van der Waals surface area (Å²) in [7, 11) is 0. The highest BCUT2D eigenvalue weighted by Crippen LogP contribution is 2.32. The second kappa shape index (κ2) is 10.5. The standard InChI is InChI=1S/C22H27F3N2O4/c23-18-11-17(15-1-3-16(4-2-15)21(28)26-12-20(24)25)5-6-19(18)31-13-14-7-9-27(10-8-14)22(29)30/h1,5-6,11,14,16,20H,2-4,7-10,12-13H2,(H,26,28)(H,29,30). The molecule has 170 valence electrons. The molecule has 0 bridgehead atoms. The van der Waals surface area contributed by atoms with E-state index in [1.807, 2.05) is 6.08 Å². The minimum absolute atomic E-state index is 0.157. The number of hydrogen-bond donors (Lipinski definition) is 2. The topological polar surface area (TPSA) is 78.9 Å². The zero-order valence-electron chi connectivity index (χ0n) is 17.2. The number of alkyl halides is 2. The average molecular weight is 440 g/mol. The van der Waals surface area contributed by atoms with Gasteiger partial charge in [0.25, 0.3) is 6.43 Å². The Morgan fingerprint density at radius 2 is 1.97 bits per heavy atom. The number of benzene rings is 1. The van der Waals surface area contributed by atoms with Gasteiger partial charge in [-0.2, -0.15) is 0 Å². The van der Waals surface area contributed by atoms with E-state index in [2.05, 4.69) is 5.32 Å². The van der Waals surface area contributed by atoms with E-state index in [4.69, 9.17) is 9.84 Å². The first-order chi connectivity index (χ1) is 14.8. The average Bonchev–Trinajstić information content (AvgIpc) is 2.77. The third kappa shape index (κ3) is 6.38. The molecule has 1 atom stereocenters. The van der Waals surface area contributed by atoms with Gasteiger partial charge in [-0.1, -0.05) is 12.1 Å². The molecule has 1 aromatic carbocycles. The second-order valence-corrected chi connectivity index (χ2v) is 8.01. The highest BCUT2D eigenvalue weighted by Gasteiger charge is 2.24. The minimum Gasteiger partial charge on any atom is -0.490 e. The van der Waals surface area contributed by atoms with Gasteiger partial charge in [0.15, 0.2) is 11.6 Å². The first kappa shape index (κ1) is 23.0. The fourth-order valence-electron chi connectivity index (χ4n) is 3.97. The molecule has 1 saturated heterocycles. The number of piperidine rings is 1. The van der Waals surface area contributed by atoms with Gasteiger partial charge in [-0.15, -0.1) is 0 Å². The molecule has 1 heterocycles. The Morgan fingerprint density at radius 3 is 2.55 bits per heavy atom. The third-order valence-electron chi connectivity index (χ3n) is 5.87. The van der Waals surface area contributed by atoms with Gasteiger partial charge in [0.2, 0.25) is 5.91 Å². The Morgan fingerprint density at radius 1 is 1.23 bits per heavy atom. The molecule has 2 amide bonds. The number of rotatable bonds is 7. The summed E-state index contributed by atoms with van der Waals surface area (Å²) < 4.78 is 44.6. The molecule has 1 fully saturated rings. The number of allylic oxidation sites excluding steroid dienone is 2. The van der Waals surface area contributed by atoms with Crippen LogP contribution >= 0.6 is 0 Å². The van der Waals surface area contributed by atoms with Crippen molar-refractivity contribution in [2.45, 2.75) is 38.5 Å². The first-order valence-electron chi connectivity index (χ1n) is 10.5. The highest BCUT2D eigenvalue weighted by molar-refractivity contribution is 5.80. The number of carbonyl (C=O) groups is 2. The smallest absolute Gasteiger partial charge is 0.407 e. The number of nitrogens with one attached hydrogen (secondary N) is 1. The molecular weight excluding hydrogens is 413 g/mol. The maximum absolute atomic E-state index is 14.5. The van der Waals surface area contributed by atoms with Crippen molar-refractivity contribution in [1.29, 1.82) is 0 Å². The van der Waals surface area contributed by atoms with Crippen molar-refractivity contribution >= 4 is 17.6 Å². The van der Waals surface area contributed by atoms with Crippen LogP contribution in [-0.2, 0) is 4.79 Å². The summed E-state index contributed by atoms with van der Waals surface area (Å²) in [5.74, 6) is -0.852. The molecule has 0 radical (unpaired) electrons. The van der Waals surface area contributed by atoms with E-state index < -0.39 is 24.9 Å². The number of hydrogen-bond acceptors (Lipinski definition) is 3. The fourth-order valence-corrected chi connectivity index (χ4v) is 3.97. The van der Waals surface area contributed by atoms with Crippen molar-refractivity contribution in [2.24, 2.45) is 11.8 Å². The van der Waals surface area contributed by atoms with Crippen LogP contribution in [0.5, 0.6) is 5.75 Å². The highest BCUT2D eigenvalue weighted by atomic mass is 19.3. The van der Waals surface area contributed by atoms with Crippen molar-refractivity contribution in [1.82, 2.24) is 10.2 Å². The van der Waals surface area contributed by atoms with Crippen LogP contribution in [0.3, 0.4) is 0 Å². The van der Waals surface area contributed by atoms with Crippen LogP contribution in [0.25, 0.3) is 5.57 Å². The summed E-state index contributed by atoms with van der Waals surface area (Å²) >= 11 is 0. The summed E-state index contributed by atoms with van der Waals surface area (Å²) in [5, 5.41) is 11.2. The van der Waals surface area contributed by atoms with E-state index in [0.29, 0.717) is 57.4 Å². The van der Waals surface area contributed by atoms with Gasteiger partial charge >= 0.3 is 6.09 Å². The number of amides is 2. The van der Waals surface area contributed by atoms with Gasteiger partial charge in [-0.25, -0.2) is 18.0 Å². The number of nitrogens with zero attached hydrogens (tertiary/aromatic N) is 1. The van der Waals surface area contributed by atoms with E-state index in [1.165, 1.54) is 11.0 Å². The zero-order chi connectivity index (χ0) is 22.4. The van der Waals surface area contributed by atoms with Crippen molar-refractivity contribution < 1.29 is 32.6 Å². The summed E-state index contributed by atoms with van der Waals surface area (Å²) in [6, 6.07) is 4.76. The molecule has 1 aliphatic heterocycles. The monoisotopic (exact) mass is 440 g/mol. The lowest BCUT2D eigenvalue weighted by Gasteiger charge is -2.29. The summed E-state index contributed by atoms with van der Waals surface area (Å²) in [6.45, 7) is 0.610. The minimum atomic E-state index is -2.57. The van der Waals surface area contributed by atoms with E-state index in [9.17, 15) is 22.8 Å².